The molecular formula is C7H14N2O. The molecule has 0 saturated heterocycles. The van der Waals surface area contributed by atoms with Crippen LogP contribution in [0.2, 0.25) is 0 Å². The normalized spacial score (nSPS) is 13.6. The lowest BCUT2D eigenvalue weighted by Gasteiger charge is -2.01. The van der Waals surface area contributed by atoms with Gasteiger partial charge in [0.1, 0.15) is 0 Å². The van der Waals surface area contributed by atoms with Crippen LogP contribution in [0.25, 0.3) is 0 Å². The number of hydrogen-bond acceptors (Lipinski definition) is 3. The molecule has 0 unspecified atom stereocenters. The van der Waals surface area contributed by atoms with Crippen molar-refractivity contribution in [3.8, 4) is 0 Å². The van der Waals surface area contributed by atoms with E-state index in [2.05, 4.69) is 9.98 Å². The summed E-state index contributed by atoms with van der Waals surface area (Å²) in [6, 6.07) is 0. The topological polar surface area (TPSA) is 34.0 Å². The van der Waals surface area contributed by atoms with Crippen molar-refractivity contribution < 1.29 is 4.74 Å². The predicted octanol–water partition coefficient (Wildman–Crippen LogP) is 1.14. The first kappa shape index (κ1) is 9.14. The van der Waals surface area contributed by atoms with Gasteiger partial charge in [0.05, 0.1) is 13.5 Å². The molecule has 0 radical (unpaired) electrons. The van der Waals surface area contributed by atoms with E-state index in [4.69, 9.17) is 4.74 Å². The quantitative estimate of drug-likeness (QED) is 0.420. The van der Waals surface area contributed by atoms with Gasteiger partial charge in [-0.1, -0.05) is 0 Å². The van der Waals surface area contributed by atoms with E-state index < -0.39 is 0 Å². The maximum Gasteiger partial charge on any atom is 0.188 e. The van der Waals surface area contributed by atoms with Crippen molar-refractivity contribution in [1.82, 2.24) is 0 Å². The van der Waals surface area contributed by atoms with Gasteiger partial charge in [0, 0.05) is 19.8 Å². The summed E-state index contributed by atoms with van der Waals surface area (Å²) in [5.74, 6) is 0.725. The first-order chi connectivity index (χ1) is 4.74. The molecule has 0 aromatic heterocycles. The third kappa shape index (κ3) is 3.22. The Morgan fingerprint density at radius 2 is 1.90 bits per heavy atom. The highest BCUT2D eigenvalue weighted by molar-refractivity contribution is 5.99. The Morgan fingerprint density at radius 3 is 2.20 bits per heavy atom. The number of ether oxygens (including phenoxy) is 1. The second kappa shape index (κ2) is 4.97. The van der Waals surface area contributed by atoms with E-state index >= 15 is 0 Å². The summed E-state index contributed by atoms with van der Waals surface area (Å²) in [4.78, 5) is 7.89. The number of rotatable bonds is 2. The summed E-state index contributed by atoms with van der Waals surface area (Å²) >= 11 is 0. The van der Waals surface area contributed by atoms with Gasteiger partial charge in [-0.3, -0.25) is 9.98 Å². The highest BCUT2D eigenvalue weighted by atomic mass is 16.5. The van der Waals surface area contributed by atoms with Crippen LogP contribution in [0.1, 0.15) is 13.3 Å². The zero-order chi connectivity index (χ0) is 7.98. The summed E-state index contributed by atoms with van der Waals surface area (Å²) in [6.45, 7) is 1.95. The van der Waals surface area contributed by atoms with E-state index in [1.54, 1.807) is 21.2 Å². The van der Waals surface area contributed by atoms with E-state index in [9.17, 15) is 0 Å². The largest absolute Gasteiger partial charge is 0.484 e. The molecule has 0 N–H and O–H groups in total. The van der Waals surface area contributed by atoms with Gasteiger partial charge < -0.3 is 4.74 Å². The van der Waals surface area contributed by atoms with Gasteiger partial charge in [0.25, 0.3) is 0 Å². The van der Waals surface area contributed by atoms with E-state index in [-0.39, 0.29) is 0 Å². The number of aliphatic imine (C=N–C) groups is 2. The van der Waals surface area contributed by atoms with Crippen molar-refractivity contribution in [3.63, 3.8) is 0 Å². The molecule has 0 saturated carbocycles. The molecule has 0 aromatic carbocycles. The minimum atomic E-state index is 0.712. The predicted molar refractivity (Wildman–Crippen MR) is 44.0 cm³/mol. The molecule has 10 heavy (non-hydrogen) atoms. The molecule has 0 aliphatic carbocycles. The van der Waals surface area contributed by atoms with Crippen LogP contribution in [0, 0.1) is 0 Å². The fourth-order valence-electron chi connectivity index (χ4n) is 0.540. The Balaban J connectivity index is 3.88. The maximum atomic E-state index is 4.94. The summed E-state index contributed by atoms with van der Waals surface area (Å²) in [6.07, 6.45) is 0.712. The van der Waals surface area contributed by atoms with Gasteiger partial charge in [-0.15, -0.1) is 0 Å². The second-order valence-corrected chi connectivity index (χ2v) is 1.96. The third-order valence-corrected chi connectivity index (χ3v) is 1.27. The first-order valence-electron chi connectivity index (χ1n) is 3.16. The maximum absolute atomic E-state index is 4.94. The minimum Gasteiger partial charge on any atom is -0.484 e. The van der Waals surface area contributed by atoms with E-state index in [1.165, 1.54) is 0 Å². The van der Waals surface area contributed by atoms with Crippen LogP contribution >= 0.6 is 0 Å². The molecule has 0 atom stereocenters. The van der Waals surface area contributed by atoms with Gasteiger partial charge >= 0.3 is 0 Å². The summed E-state index contributed by atoms with van der Waals surface area (Å²) < 4.78 is 4.94. The van der Waals surface area contributed by atoms with Gasteiger partial charge in [0.2, 0.25) is 0 Å². The highest BCUT2D eigenvalue weighted by Crippen LogP contribution is 1.90. The molecule has 58 valence electrons. The number of hydrogen-bond donors (Lipinski definition) is 0. The van der Waals surface area contributed by atoms with Crippen LogP contribution in [0.3, 0.4) is 0 Å². The Kier molecular flexibility index (Phi) is 4.54. The lowest BCUT2D eigenvalue weighted by molar-refractivity contribution is 0.395. The van der Waals surface area contributed by atoms with E-state index in [0.29, 0.717) is 6.42 Å². The molecule has 0 aliphatic heterocycles. The Hall–Kier alpha value is -0.860. The van der Waals surface area contributed by atoms with Crippen molar-refractivity contribution in [2.45, 2.75) is 13.3 Å². The molecule has 0 aromatic rings. The molecule has 0 aliphatic rings. The van der Waals surface area contributed by atoms with Crippen molar-refractivity contribution in [1.29, 1.82) is 0 Å². The van der Waals surface area contributed by atoms with Crippen molar-refractivity contribution >= 4 is 11.6 Å². The molecule has 0 spiro atoms. The average Bonchev–Trinajstić information content (AvgIpc) is 1.99. The van der Waals surface area contributed by atoms with Crippen LogP contribution in [-0.4, -0.2) is 32.8 Å². The Morgan fingerprint density at radius 1 is 1.30 bits per heavy atom. The van der Waals surface area contributed by atoms with Crippen LogP contribution in [-0.2, 0) is 4.74 Å². The second-order valence-electron chi connectivity index (χ2n) is 1.96. The highest BCUT2D eigenvalue weighted by Gasteiger charge is 1.97. The summed E-state index contributed by atoms with van der Waals surface area (Å²) in [5.41, 5.74) is 1.03. The first-order valence-corrected chi connectivity index (χ1v) is 3.16. The Labute approximate surface area is 61.8 Å². The number of nitrogens with zero attached hydrogens (tertiary/aromatic N) is 2. The zero-order valence-electron chi connectivity index (χ0n) is 7.01. The van der Waals surface area contributed by atoms with Gasteiger partial charge in [-0.2, -0.15) is 0 Å². The van der Waals surface area contributed by atoms with Crippen LogP contribution in [0.4, 0.5) is 0 Å². The fourth-order valence-corrected chi connectivity index (χ4v) is 0.540. The third-order valence-electron chi connectivity index (χ3n) is 1.27. The molecule has 0 heterocycles. The molecule has 0 fully saturated rings. The SMILES string of the molecule is CN=C(C)CC(=NC)OC. The van der Waals surface area contributed by atoms with Crippen LogP contribution in [0.5, 0.6) is 0 Å². The minimum absolute atomic E-state index is 0.712. The molecule has 3 nitrogen and oxygen atoms in total. The zero-order valence-corrected chi connectivity index (χ0v) is 7.01. The summed E-state index contributed by atoms with van der Waals surface area (Å²) in [7, 11) is 5.09. The van der Waals surface area contributed by atoms with Gasteiger partial charge in [-0.05, 0) is 6.92 Å². The summed E-state index contributed by atoms with van der Waals surface area (Å²) in [5, 5.41) is 0. The van der Waals surface area contributed by atoms with Crippen molar-refractivity contribution in [3.05, 3.63) is 0 Å². The lowest BCUT2D eigenvalue weighted by atomic mass is 10.3. The van der Waals surface area contributed by atoms with Gasteiger partial charge in [0.15, 0.2) is 5.90 Å². The van der Waals surface area contributed by atoms with Crippen molar-refractivity contribution in [2.24, 2.45) is 9.98 Å². The monoisotopic (exact) mass is 142 g/mol. The molecular weight excluding hydrogens is 128 g/mol. The van der Waals surface area contributed by atoms with E-state index in [1.807, 2.05) is 6.92 Å². The fraction of sp³-hybridized carbons (Fsp3) is 0.714. The molecule has 3 heteroatoms. The van der Waals surface area contributed by atoms with Crippen LogP contribution < -0.4 is 0 Å². The van der Waals surface area contributed by atoms with Crippen molar-refractivity contribution in [2.75, 3.05) is 21.2 Å². The lowest BCUT2D eigenvalue weighted by Crippen LogP contribution is -2.06. The van der Waals surface area contributed by atoms with Crippen LogP contribution in [0.15, 0.2) is 9.98 Å². The molecule has 0 rings (SSSR count). The smallest absolute Gasteiger partial charge is 0.188 e. The van der Waals surface area contributed by atoms with E-state index in [0.717, 1.165) is 11.6 Å². The molecule has 0 amide bonds. The Bertz CT molecular complexity index is 150. The van der Waals surface area contributed by atoms with Gasteiger partial charge in [-0.25, -0.2) is 0 Å². The molecule has 0 bridgehead atoms. The number of methoxy groups -OCH3 is 1. The standard InChI is InChI=1S/C7H14N2O/c1-6(8-2)5-7(9-3)10-4/h5H2,1-4H3. The average molecular weight is 142 g/mol.